The quantitative estimate of drug-likeness (QED) is 0.445. The number of anilines is 1. The second kappa shape index (κ2) is 9.78. The van der Waals surface area contributed by atoms with Crippen LogP contribution in [-0.2, 0) is 21.9 Å². The molecule has 2 aromatic rings. The summed E-state index contributed by atoms with van der Waals surface area (Å²) in [6, 6.07) is 11.4. The molecule has 40 heavy (non-hydrogen) atoms. The van der Waals surface area contributed by atoms with Crippen molar-refractivity contribution in [2.24, 2.45) is 23.7 Å². The molecule has 0 radical (unpaired) electrons. The van der Waals surface area contributed by atoms with Gasteiger partial charge in [0.15, 0.2) is 0 Å². The number of halogens is 1. The van der Waals surface area contributed by atoms with Crippen LogP contribution < -0.4 is 14.4 Å². The van der Waals surface area contributed by atoms with Crippen molar-refractivity contribution in [2.75, 3.05) is 30.3 Å². The van der Waals surface area contributed by atoms with E-state index in [1.807, 2.05) is 18.2 Å². The van der Waals surface area contributed by atoms with Crippen LogP contribution in [-0.4, -0.2) is 51.0 Å². The summed E-state index contributed by atoms with van der Waals surface area (Å²) in [5, 5.41) is 11.8. The highest BCUT2D eigenvalue weighted by Gasteiger charge is 2.45. The summed E-state index contributed by atoms with van der Waals surface area (Å²) in [7, 11) is -3.79. The van der Waals surface area contributed by atoms with Crippen molar-refractivity contribution in [3.8, 4) is 5.75 Å². The van der Waals surface area contributed by atoms with Crippen molar-refractivity contribution in [1.29, 1.82) is 0 Å². The van der Waals surface area contributed by atoms with E-state index in [9.17, 15) is 18.3 Å². The first-order valence-corrected chi connectivity index (χ1v) is 16.4. The number of hydrogen-bond donors (Lipinski definition) is 2. The third-order valence-electron chi connectivity index (χ3n) is 9.88. The van der Waals surface area contributed by atoms with Crippen molar-refractivity contribution < 1.29 is 23.1 Å². The third-order valence-corrected chi connectivity index (χ3v) is 11.5. The number of ether oxygens (including phenoxy) is 1. The molecule has 1 spiro atoms. The van der Waals surface area contributed by atoms with Crippen molar-refractivity contribution >= 4 is 33.2 Å². The van der Waals surface area contributed by atoms with Gasteiger partial charge in [0.05, 0.1) is 24.2 Å². The van der Waals surface area contributed by atoms with Gasteiger partial charge in [0, 0.05) is 29.1 Å². The summed E-state index contributed by atoms with van der Waals surface area (Å²) in [4.78, 5) is 15.5. The van der Waals surface area contributed by atoms with Crippen LogP contribution in [0.4, 0.5) is 5.69 Å². The number of benzene rings is 2. The van der Waals surface area contributed by atoms with Crippen molar-refractivity contribution in [2.45, 2.75) is 50.0 Å². The molecule has 0 unspecified atom stereocenters. The number of fused-ring (bicyclic) bond motifs is 5. The molecule has 6 atom stereocenters. The number of nitrogens with one attached hydrogen (secondary N) is 1. The molecule has 2 saturated carbocycles. The Morgan fingerprint density at radius 3 is 2.80 bits per heavy atom. The van der Waals surface area contributed by atoms with Crippen LogP contribution >= 0.6 is 11.6 Å². The lowest BCUT2D eigenvalue weighted by atomic mass is 9.68. The molecule has 7 rings (SSSR count). The van der Waals surface area contributed by atoms with Crippen molar-refractivity contribution in [3.63, 3.8) is 0 Å². The molecule has 3 aliphatic carbocycles. The van der Waals surface area contributed by atoms with E-state index >= 15 is 0 Å². The predicted octanol–water partition coefficient (Wildman–Crippen LogP) is 4.47. The highest BCUT2D eigenvalue weighted by molar-refractivity contribution is 7.90. The number of hydrogen-bond acceptors (Lipinski definition) is 6. The van der Waals surface area contributed by atoms with Gasteiger partial charge in [0.1, 0.15) is 5.75 Å². The molecule has 2 bridgehead atoms. The SMILES string of the molecule is O=C1NS(=O)(=O)C[C@@H]2C[C@@H]2/C=C\[C@H](O)[C@@H]2CC[C@H]2CN2C[C@@]3(CCCc4cc(Cl)ccc43)COc3ccc1cc32. The van der Waals surface area contributed by atoms with E-state index in [1.165, 1.54) is 11.1 Å². The van der Waals surface area contributed by atoms with Crippen LogP contribution in [0.15, 0.2) is 48.6 Å². The summed E-state index contributed by atoms with van der Waals surface area (Å²) in [6.07, 6.45) is 9.04. The molecule has 2 heterocycles. The smallest absolute Gasteiger partial charge is 0.264 e. The zero-order valence-corrected chi connectivity index (χ0v) is 24.0. The Hall–Kier alpha value is -2.55. The first-order valence-electron chi connectivity index (χ1n) is 14.4. The third kappa shape index (κ3) is 4.82. The van der Waals surface area contributed by atoms with Gasteiger partial charge < -0.3 is 14.7 Å². The van der Waals surface area contributed by atoms with E-state index in [2.05, 4.69) is 21.8 Å². The predicted molar refractivity (Wildman–Crippen MR) is 154 cm³/mol. The van der Waals surface area contributed by atoms with E-state index in [4.69, 9.17) is 16.3 Å². The second-order valence-corrected chi connectivity index (χ2v) is 14.7. The Bertz CT molecular complexity index is 1490. The average molecular weight is 583 g/mol. The zero-order valence-electron chi connectivity index (χ0n) is 22.4. The summed E-state index contributed by atoms with van der Waals surface area (Å²) in [5.41, 5.74) is 3.37. The molecule has 2 fully saturated rings. The van der Waals surface area contributed by atoms with Crippen LogP contribution in [0.3, 0.4) is 0 Å². The summed E-state index contributed by atoms with van der Waals surface area (Å²) >= 11 is 6.37. The molecule has 5 aliphatic rings. The van der Waals surface area contributed by atoms with Gasteiger partial charge in [-0.25, -0.2) is 13.1 Å². The highest BCUT2D eigenvalue weighted by atomic mass is 35.5. The standard InChI is InChI=1S/C31H35ClN2O5S/c32-24-6-8-26-20(13-24)2-1-11-31(26)17-34-15-22-3-7-25(22)28(35)9-4-19-12-23(19)16-40(37,38)33-30(36)21-5-10-29(39-18-31)27(34)14-21/h4-6,8-10,13-14,19,22-23,25,28,35H,1-3,7,11-12,15-18H2,(H,33,36)/b9-4-/t19-,22-,23-,25+,28-,31-/m0/s1. The van der Waals surface area contributed by atoms with Gasteiger partial charge in [-0.05, 0) is 104 Å². The first kappa shape index (κ1) is 26.4. The van der Waals surface area contributed by atoms with Gasteiger partial charge in [-0.3, -0.25) is 4.79 Å². The number of carbonyl (C=O) groups is 1. The topological polar surface area (TPSA) is 95.9 Å². The zero-order chi connectivity index (χ0) is 27.6. The molecular formula is C31H35ClN2O5S. The van der Waals surface area contributed by atoms with E-state index in [0.29, 0.717) is 30.4 Å². The largest absolute Gasteiger partial charge is 0.490 e. The summed E-state index contributed by atoms with van der Waals surface area (Å²) in [6.45, 7) is 1.94. The van der Waals surface area contributed by atoms with Crippen LogP contribution in [0.1, 0.15) is 53.6 Å². The fraction of sp³-hybridized carbons (Fsp3) is 0.516. The van der Waals surface area contributed by atoms with Crippen molar-refractivity contribution in [3.05, 3.63) is 70.3 Å². The lowest BCUT2D eigenvalue weighted by Crippen LogP contribution is -2.49. The number of carbonyl (C=O) groups excluding carboxylic acids is 1. The monoisotopic (exact) mass is 582 g/mol. The number of amides is 1. The molecule has 0 saturated heterocycles. The Kier molecular flexibility index (Phi) is 6.44. The Labute approximate surface area is 240 Å². The van der Waals surface area contributed by atoms with Gasteiger partial charge >= 0.3 is 0 Å². The maximum absolute atomic E-state index is 13.2. The molecule has 9 heteroatoms. The number of sulfonamides is 1. The molecule has 212 valence electrons. The van der Waals surface area contributed by atoms with Crippen LogP contribution in [0.5, 0.6) is 5.75 Å². The molecule has 7 nitrogen and oxygen atoms in total. The van der Waals surface area contributed by atoms with Crippen molar-refractivity contribution in [1.82, 2.24) is 4.72 Å². The van der Waals surface area contributed by atoms with Gasteiger partial charge in [-0.2, -0.15) is 0 Å². The van der Waals surface area contributed by atoms with E-state index < -0.39 is 22.0 Å². The minimum Gasteiger partial charge on any atom is -0.490 e. The molecule has 2 aliphatic heterocycles. The molecular weight excluding hydrogens is 548 g/mol. The Balaban J connectivity index is 1.29. The lowest BCUT2D eigenvalue weighted by Gasteiger charge is -2.45. The van der Waals surface area contributed by atoms with Crippen LogP contribution in [0.25, 0.3) is 0 Å². The Morgan fingerprint density at radius 1 is 1.10 bits per heavy atom. The fourth-order valence-corrected chi connectivity index (χ4v) is 9.06. The molecule has 1 amide bonds. The van der Waals surface area contributed by atoms with E-state index in [-0.39, 0.29) is 28.9 Å². The number of allylic oxidation sites excluding steroid dienone is 1. The van der Waals surface area contributed by atoms with Crippen LogP contribution in [0.2, 0.25) is 5.02 Å². The molecule has 2 aromatic carbocycles. The number of aliphatic hydroxyl groups excluding tert-OH is 1. The van der Waals surface area contributed by atoms with Gasteiger partial charge in [0.2, 0.25) is 10.0 Å². The lowest BCUT2D eigenvalue weighted by molar-refractivity contribution is 0.0455. The van der Waals surface area contributed by atoms with Gasteiger partial charge in [-0.15, -0.1) is 0 Å². The Morgan fingerprint density at radius 2 is 1.98 bits per heavy atom. The minimum absolute atomic E-state index is 0.0285. The number of nitrogens with zero attached hydrogens (tertiary/aromatic N) is 1. The second-order valence-electron chi connectivity index (χ2n) is 12.5. The van der Waals surface area contributed by atoms with Crippen LogP contribution in [0, 0.1) is 23.7 Å². The number of aryl methyl sites for hydroxylation is 1. The van der Waals surface area contributed by atoms with E-state index in [1.54, 1.807) is 18.2 Å². The van der Waals surface area contributed by atoms with E-state index in [0.717, 1.165) is 55.8 Å². The fourth-order valence-electron chi connectivity index (χ4n) is 7.43. The maximum Gasteiger partial charge on any atom is 0.264 e. The average Bonchev–Trinajstić information content (AvgIpc) is 3.65. The van der Waals surface area contributed by atoms with Gasteiger partial charge in [-0.1, -0.05) is 29.8 Å². The normalized spacial score (nSPS) is 35.1. The minimum atomic E-state index is -3.79. The number of rotatable bonds is 0. The highest BCUT2D eigenvalue weighted by Crippen LogP contribution is 2.47. The first-order chi connectivity index (χ1) is 19.2. The number of aliphatic hydroxyl groups is 1. The molecule has 0 aromatic heterocycles. The summed E-state index contributed by atoms with van der Waals surface area (Å²) < 4.78 is 34.4. The summed E-state index contributed by atoms with van der Waals surface area (Å²) in [5.74, 6) is 0.531. The van der Waals surface area contributed by atoms with Gasteiger partial charge in [0.25, 0.3) is 5.91 Å². The maximum atomic E-state index is 13.2. The molecule has 2 N–H and O–H groups in total.